The number of carbonyl (C=O) groups excluding carboxylic acids is 1. The molecule has 0 atom stereocenters. The molecule has 1 aromatic heterocycles. The van der Waals surface area contributed by atoms with E-state index in [1.54, 1.807) is 7.11 Å². The predicted molar refractivity (Wildman–Crippen MR) is 115 cm³/mol. The molecular weight excluding hydrogens is 380 g/mol. The first-order chi connectivity index (χ1) is 14.6. The number of hydrogen-bond acceptors (Lipinski definition) is 5. The largest absolute Gasteiger partial charge is 0.496 e. The molecule has 0 radical (unpaired) electrons. The van der Waals surface area contributed by atoms with Crippen LogP contribution in [0.25, 0.3) is 11.1 Å². The molecule has 30 heavy (non-hydrogen) atoms. The van der Waals surface area contributed by atoms with Crippen molar-refractivity contribution < 1.29 is 20.4 Å². The normalized spacial score (nSPS) is 15.5. The topological polar surface area (TPSA) is 69.7 Å². The zero-order valence-corrected chi connectivity index (χ0v) is 16.9. The Morgan fingerprint density at radius 1 is 1.07 bits per heavy atom. The van der Waals surface area contributed by atoms with Crippen LogP contribution in [0.2, 0.25) is 0 Å². The minimum atomic E-state index is -0.530. The lowest BCUT2D eigenvalue weighted by molar-refractivity contribution is -0.118. The highest BCUT2D eigenvalue weighted by atomic mass is 16.7. The number of methoxy groups -OCH3 is 1. The van der Waals surface area contributed by atoms with Crippen LogP contribution in [0.5, 0.6) is 17.2 Å². The predicted octanol–water partition coefficient (Wildman–Crippen LogP) is 4.71. The van der Waals surface area contributed by atoms with E-state index in [9.17, 15) is 4.79 Å². The first kappa shape index (κ1) is 18.5. The Labute approximate surface area is 176 Å². The minimum absolute atomic E-state index is 0. The van der Waals surface area contributed by atoms with Crippen molar-refractivity contribution in [2.45, 2.75) is 25.2 Å². The van der Waals surface area contributed by atoms with Gasteiger partial charge in [0.05, 0.1) is 12.5 Å². The summed E-state index contributed by atoms with van der Waals surface area (Å²) in [6.45, 7) is 2.15. The second kappa shape index (κ2) is 7.06. The van der Waals surface area contributed by atoms with E-state index in [0.29, 0.717) is 11.6 Å². The fraction of sp³-hybridized carbons (Fsp3) is 0.250. The van der Waals surface area contributed by atoms with Crippen molar-refractivity contribution in [3.8, 4) is 28.4 Å². The van der Waals surface area contributed by atoms with E-state index in [0.717, 1.165) is 46.7 Å². The van der Waals surface area contributed by atoms with Crippen molar-refractivity contribution >= 4 is 11.7 Å². The van der Waals surface area contributed by atoms with Gasteiger partial charge in [0.15, 0.2) is 11.5 Å². The number of aryl methyl sites for hydroxylation is 1. The van der Waals surface area contributed by atoms with Gasteiger partial charge in [-0.2, -0.15) is 0 Å². The van der Waals surface area contributed by atoms with Gasteiger partial charge in [0, 0.05) is 18.2 Å². The second-order valence-corrected chi connectivity index (χ2v) is 7.63. The third kappa shape index (κ3) is 3.05. The summed E-state index contributed by atoms with van der Waals surface area (Å²) in [4.78, 5) is 17.7. The zero-order valence-electron chi connectivity index (χ0n) is 16.9. The minimum Gasteiger partial charge on any atom is -0.496 e. The molecule has 2 aliphatic rings. The molecule has 1 N–H and O–H groups in total. The van der Waals surface area contributed by atoms with E-state index >= 15 is 0 Å². The molecule has 3 aromatic rings. The van der Waals surface area contributed by atoms with Gasteiger partial charge in [0.2, 0.25) is 12.7 Å². The van der Waals surface area contributed by atoms with Gasteiger partial charge in [-0.15, -0.1) is 0 Å². The molecular formula is C24H24N2O4. The molecule has 154 valence electrons. The number of hydrogen-bond donors (Lipinski definition) is 1. The van der Waals surface area contributed by atoms with Gasteiger partial charge in [-0.1, -0.05) is 24.3 Å². The van der Waals surface area contributed by atoms with Crippen LogP contribution in [0.15, 0.2) is 54.6 Å². The summed E-state index contributed by atoms with van der Waals surface area (Å²) in [6, 6.07) is 17.4. The van der Waals surface area contributed by atoms with Crippen molar-refractivity contribution in [1.29, 1.82) is 0 Å². The number of nitrogens with zero attached hydrogens (tertiary/aromatic N) is 1. The number of nitrogens with one attached hydrogen (secondary N) is 1. The average molecular weight is 404 g/mol. The summed E-state index contributed by atoms with van der Waals surface area (Å²) in [7, 11) is 1.65. The molecule has 2 aromatic carbocycles. The zero-order chi connectivity index (χ0) is 20.7. The fourth-order valence-corrected chi connectivity index (χ4v) is 3.98. The number of fused-ring (bicyclic) bond motifs is 1. The van der Waals surface area contributed by atoms with Crippen LogP contribution < -0.4 is 19.5 Å². The molecule has 0 bridgehead atoms. The molecule has 0 spiro atoms. The Kier molecular flexibility index (Phi) is 4.35. The number of para-hydroxylation sites is 1. The molecule has 0 unspecified atom stereocenters. The number of amides is 1. The van der Waals surface area contributed by atoms with E-state index in [1.165, 1.54) is 0 Å². The first-order valence-electron chi connectivity index (χ1n) is 9.93. The van der Waals surface area contributed by atoms with Crippen LogP contribution in [0, 0.1) is 6.92 Å². The van der Waals surface area contributed by atoms with E-state index in [2.05, 4.69) is 10.3 Å². The van der Waals surface area contributed by atoms with Crippen LogP contribution in [-0.2, 0) is 10.2 Å². The van der Waals surface area contributed by atoms with Gasteiger partial charge in [-0.05, 0) is 55.7 Å². The van der Waals surface area contributed by atoms with Crippen molar-refractivity contribution in [3.63, 3.8) is 0 Å². The quantitative estimate of drug-likeness (QED) is 0.667. The molecule has 6 nitrogen and oxygen atoms in total. The highest BCUT2D eigenvalue weighted by molar-refractivity contribution is 6.01. The number of rotatable bonds is 5. The number of carbonyl (C=O) groups is 1. The van der Waals surface area contributed by atoms with Crippen LogP contribution in [0.4, 0.5) is 5.82 Å². The smallest absolute Gasteiger partial charge is 0.236 e. The Hall–Kier alpha value is -3.54. The van der Waals surface area contributed by atoms with Crippen LogP contribution in [-0.4, -0.2) is 24.8 Å². The Morgan fingerprint density at radius 3 is 2.63 bits per heavy atom. The molecule has 6 heteroatoms. The third-order valence-corrected chi connectivity index (χ3v) is 5.83. The maximum Gasteiger partial charge on any atom is 0.236 e. The lowest BCUT2D eigenvalue weighted by Gasteiger charge is -2.17. The number of benzene rings is 2. The molecule has 1 aliphatic heterocycles. The maximum absolute atomic E-state index is 13.1. The van der Waals surface area contributed by atoms with Crippen LogP contribution in [0.3, 0.4) is 0 Å². The molecule has 2 heterocycles. The standard InChI is InChI=1S/C24H22N2O4.H2/c1-15-17(18-5-3-4-6-19(18)28-2)8-10-22(25-15)26-23(27)24(11-12-24)16-7-9-20-21(13-16)30-14-29-20;/h3-10,13H,11-12,14H2,1-2H3,(H,25,26,27);1H. The number of ether oxygens (including phenoxy) is 3. The summed E-state index contributed by atoms with van der Waals surface area (Å²) in [5, 5.41) is 3.01. The van der Waals surface area contributed by atoms with Crippen LogP contribution >= 0.6 is 0 Å². The van der Waals surface area contributed by atoms with Gasteiger partial charge >= 0.3 is 0 Å². The monoisotopic (exact) mass is 404 g/mol. The fourth-order valence-electron chi connectivity index (χ4n) is 3.98. The van der Waals surface area contributed by atoms with Crippen LogP contribution in [0.1, 0.15) is 25.5 Å². The van der Waals surface area contributed by atoms with Gasteiger partial charge in [-0.3, -0.25) is 4.79 Å². The number of pyridine rings is 1. The lowest BCUT2D eigenvalue weighted by atomic mass is 9.94. The third-order valence-electron chi connectivity index (χ3n) is 5.83. The maximum atomic E-state index is 13.1. The van der Waals surface area contributed by atoms with E-state index in [4.69, 9.17) is 14.2 Å². The van der Waals surface area contributed by atoms with E-state index in [1.807, 2.05) is 61.5 Å². The Morgan fingerprint density at radius 2 is 1.87 bits per heavy atom. The highest BCUT2D eigenvalue weighted by Crippen LogP contribution is 2.51. The second-order valence-electron chi connectivity index (χ2n) is 7.63. The van der Waals surface area contributed by atoms with Gasteiger partial charge in [0.1, 0.15) is 11.6 Å². The van der Waals surface area contributed by atoms with E-state index < -0.39 is 5.41 Å². The number of anilines is 1. The van der Waals surface area contributed by atoms with Crippen molar-refractivity contribution in [2.75, 3.05) is 19.2 Å². The highest BCUT2D eigenvalue weighted by Gasteiger charge is 2.51. The molecule has 0 saturated heterocycles. The molecule has 1 fully saturated rings. The summed E-state index contributed by atoms with van der Waals surface area (Å²) in [5.41, 5.74) is 3.19. The van der Waals surface area contributed by atoms with Crippen molar-refractivity contribution in [3.05, 3.63) is 65.9 Å². The van der Waals surface area contributed by atoms with Gasteiger partial charge in [-0.25, -0.2) is 4.98 Å². The Bertz CT molecular complexity index is 1140. The molecule has 1 amide bonds. The van der Waals surface area contributed by atoms with Gasteiger partial charge in [0.25, 0.3) is 0 Å². The Balaban J connectivity index is 0.00000231. The molecule has 5 rings (SSSR count). The van der Waals surface area contributed by atoms with Crippen molar-refractivity contribution in [2.24, 2.45) is 0 Å². The average Bonchev–Trinajstić information content (AvgIpc) is 3.45. The van der Waals surface area contributed by atoms with Crippen molar-refractivity contribution in [1.82, 2.24) is 4.98 Å². The summed E-state index contributed by atoms with van der Waals surface area (Å²) in [6.07, 6.45) is 1.60. The first-order valence-corrected chi connectivity index (χ1v) is 9.93. The van der Waals surface area contributed by atoms with Gasteiger partial charge < -0.3 is 19.5 Å². The summed E-state index contributed by atoms with van der Waals surface area (Å²) >= 11 is 0. The number of aromatic nitrogens is 1. The SMILES string of the molecule is COc1ccccc1-c1ccc(NC(=O)C2(c3ccc4c(c3)OCO4)CC2)nc1C.[HH]. The molecule has 1 aliphatic carbocycles. The summed E-state index contributed by atoms with van der Waals surface area (Å²) in [5.74, 6) is 2.71. The lowest BCUT2D eigenvalue weighted by Crippen LogP contribution is -2.28. The molecule has 1 saturated carbocycles. The van der Waals surface area contributed by atoms with E-state index in [-0.39, 0.29) is 14.1 Å². The summed E-state index contributed by atoms with van der Waals surface area (Å²) < 4.78 is 16.3.